The highest BCUT2D eigenvalue weighted by atomic mass is 16.1. The van der Waals surface area contributed by atoms with Crippen LogP contribution in [0.4, 0.5) is 0 Å². The average Bonchev–Trinajstić information content (AvgIpc) is 2.50. The van der Waals surface area contributed by atoms with Crippen molar-refractivity contribution in [3.05, 3.63) is 34.6 Å². The molecule has 21 heavy (non-hydrogen) atoms. The molecule has 1 unspecified atom stereocenters. The lowest BCUT2D eigenvalue weighted by Gasteiger charge is -2.13. The molecule has 0 amide bonds. The van der Waals surface area contributed by atoms with Crippen molar-refractivity contribution in [2.24, 2.45) is 0 Å². The Morgan fingerprint density at radius 3 is 2.90 bits per heavy atom. The minimum atomic E-state index is -0.0685. The fourth-order valence-electron chi connectivity index (χ4n) is 2.39. The number of hydrogen-bond donors (Lipinski definition) is 1. The van der Waals surface area contributed by atoms with Gasteiger partial charge in [0.2, 0.25) is 0 Å². The first-order valence-corrected chi connectivity index (χ1v) is 7.78. The predicted octanol–water partition coefficient (Wildman–Crippen LogP) is 2.35. The van der Waals surface area contributed by atoms with Crippen LogP contribution in [0.2, 0.25) is 0 Å². The molecule has 1 N–H and O–H groups in total. The Hall–Kier alpha value is -1.75. The molecule has 2 aromatic rings. The molecule has 1 aromatic carbocycles. The van der Waals surface area contributed by atoms with E-state index in [0.717, 1.165) is 6.54 Å². The van der Waals surface area contributed by atoms with Crippen LogP contribution < -0.4 is 10.9 Å². The molecule has 0 aliphatic rings. The van der Waals surface area contributed by atoms with Gasteiger partial charge in [0.25, 0.3) is 5.56 Å². The lowest BCUT2D eigenvalue weighted by molar-refractivity contribution is 0.447. The van der Waals surface area contributed by atoms with E-state index in [2.05, 4.69) is 29.5 Å². The molecule has 0 radical (unpaired) electrons. The smallest absolute Gasteiger partial charge is 0.277 e. The first-order valence-electron chi connectivity index (χ1n) is 7.78. The Balaban J connectivity index is 1.89. The lowest BCUT2D eigenvalue weighted by Crippen LogP contribution is -2.33. The minimum absolute atomic E-state index is 0.0685. The van der Waals surface area contributed by atoms with Gasteiger partial charge in [-0.3, -0.25) is 4.79 Å². The zero-order valence-electron chi connectivity index (χ0n) is 12.9. The third-order valence-electron chi connectivity index (χ3n) is 3.69. The lowest BCUT2D eigenvalue weighted by atomic mass is 10.1. The van der Waals surface area contributed by atoms with E-state index in [4.69, 9.17) is 0 Å². The Bertz CT molecular complexity index is 623. The van der Waals surface area contributed by atoms with E-state index in [0.29, 0.717) is 23.5 Å². The van der Waals surface area contributed by atoms with E-state index in [1.807, 2.05) is 18.2 Å². The fourth-order valence-corrected chi connectivity index (χ4v) is 2.39. The predicted molar refractivity (Wildman–Crippen MR) is 85.4 cm³/mol. The second-order valence-electron chi connectivity index (χ2n) is 5.49. The Labute approximate surface area is 125 Å². The SMILES string of the molecule is CCCCCC(C)NCCn1nnc2ccccc2c1=O. The number of nitrogens with zero attached hydrogens (tertiary/aromatic N) is 3. The molecule has 1 heterocycles. The monoisotopic (exact) mass is 288 g/mol. The summed E-state index contributed by atoms with van der Waals surface area (Å²) in [6.45, 7) is 5.68. The third-order valence-corrected chi connectivity index (χ3v) is 3.69. The molecular formula is C16H24N4O. The van der Waals surface area contributed by atoms with Gasteiger partial charge in [0.15, 0.2) is 0 Å². The summed E-state index contributed by atoms with van der Waals surface area (Å²) in [4.78, 5) is 12.2. The molecule has 0 spiro atoms. The Morgan fingerprint density at radius 1 is 1.29 bits per heavy atom. The number of nitrogens with one attached hydrogen (secondary N) is 1. The third kappa shape index (κ3) is 4.36. The topological polar surface area (TPSA) is 59.8 Å². The summed E-state index contributed by atoms with van der Waals surface area (Å²) in [7, 11) is 0. The molecule has 5 heteroatoms. The molecule has 0 aliphatic heterocycles. The van der Waals surface area contributed by atoms with Crippen molar-refractivity contribution < 1.29 is 0 Å². The maximum atomic E-state index is 12.2. The van der Waals surface area contributed by atoms with Crippen molar-refractivity contribution >= 4 is 10.9 Å². The van der Waals surface area contributed by atoms with E-state index >= 15 is 0 Å². The summed E-state index contributed by atoms with van der Waals surface area (Å²) < 4.78 is 1.44. The van der Waals surface area contributed by atoms with Gasteiger partial charge in [-0.15, -0.1) is 5.10 Å². The maximum absolute atomic E-state index is 12.2. The van der Waals surface area contributed by atoms with Crippen molar-refractivity contribution in [2.45, 2.75) is 52.1 Å². The van der Waals surface area contributed by atoms with E-state index in [-0.39, 0.29) is 5.56 Å². The van der Waals surface area contributed by atoms with E-state index in [1.165, 1.54) is 30.4 Å². The first kappa shape index (κ1) is 15.6. The highest BCUT2D eigenvalue weighted by Crippen LogP contribution is 2.04. The van der Waals surface area contributed by atoms with Crippen LogP contribution in [0, 0.1) is 0 Å². The quantitative estimate of drug-likeness (QED) is 0.758. The molecule has 0 bridgehead atoms. The largest absolute Gasteiger partial charge is 0.312 e. The Morgan fingerprint density at radius 2 is 2.10 bits per heavy atom. The number of hydrogen-bond acceptors (Lipinski definition) is 4. The maximum Gasteiger partial charge on any atom is 0.277 e. The number of fused-ring (bicyclic) bond motifs is 1. The molecule has 0 saturated heterocycles. The van der Waals surface area contributed by atoms with Gasteiger partial charge in [0.1, 0.15) is 5.52 Å². The van der Waals surface area contributed by atoms with E-state index in [1.54, 1.807) is 6.07 Å². The van der Waals surface area contributed by atoms with Gasteiger partial charge in [0, 0.05) is 12.6 Å². The molecule has 5 nitrogen and oxygen atoms in total. The van der Waals surface area contributed by atoms with Crippen molar-refractivity contribution in [1.29, 1.82) is 0 Å². The average molecular weight is 288 g/mol. The van der Waals surface area contributed by atoms with Crippen molar-refractivity contribution in [3.8, 4) is 0 Å². The molecule has 2 rings (SSSR count). The van der Waals surface area contributed by atoms with Crippen LogP contribution in [-0.2, 0) is 6.54 Å². The zero-order chi connectivity index (χ0) is 15.1. The van der Waals surface area contributed by atoms with Gasteiger partial charge in [-0.05, 0) is 25.5 Å². The van der Waals surface area contributed by atoms with Crippen LogP contribution in [-0.4, -0.2) is 27.6 Å². The minimum Gasteiger partial charge on any atom is -0.312 e. The highest BCUT2D eigenvalue weighted by Gasteiger charge is 2.05. The second kappa shape index (κ2) is 7.88. The zero-order valence-corrected chi connectivity index (χ0v) is 12.9. The second-order valence-corrected chi connectivity index (χ2v) is 5.49. The molecule has 0 fully saturated rings. The van der Waals surface area contributed by atoms with Crippen LogP contribution in [0.3, 0.4) is 0 Å². The van der Waals surface area contributed by atoms with Crippen LogP contribution in [0.5, 0.6) is 0 Å². The summed E-state index contributed by atoms with van der Waals surface area (Å²) in [6, 6.07) is 7.79. The highest BCUT2D eigenvalue weighted by molar-refractivity contribution is 5.76. The molecule has 0 aliphatic carbocycles. The van der Waals surface area contributed by atoms with Crippen molar-refractivity contribution in [3.63, 3.8) is 0 Å². The summed E-state index contributed by atoms with van der Waals surface area (Å²) >= 11 is 0. The number of benzene rings is 1. The van der Waals surface area contributed by atoms with Gasteiger partial charge in [0.05, 0.1) is 11.9 Å². The molecule has 114 valence electrons. The summed E-state index contributed by atoms with van der Waals surface area (Å²) in [5.74, 6) is 0. The fraction of sp³-hybridized carbons (Fsp3) is 0.562. The van der Waals surface area contributed by atoms with Crippen LogP contribution >= 0.6 is 0 Å². The standard InChI is InChI=1S/C16H24N4O/c1-3-4-5-8-13(2)17-11-12-20-16(21)14-9-6-7-10-15(14)18-19-20/h6-7,9-10,13,17H,3-5,8,11-12H2,1-2H3. The summed E-state index contributed by atoms with van der Waals surface area (Å²) in [5, 5.41) is 12.1. The molecular weight excluding hydrogens is 264 g/mol. The van der Waals surface area contributed by atoms with Crippen LogP contribution in [0.15, 0.2) is 29.1 Å². The Kier molecular flexibility index (Phi) is 5.87. The van der Waals surface area contributed by atoms with Gasteiger partial charge < -0.3 is 5.32 Å². The number of aromatic nitrogens is 3. The summed E-state index contributed by atoms with van der Waals surface area (Å²) in [6.07, 6.45) is 4.95. The number of rotatable bonds is 8. The van der Waals surface area contributed by atoms with Crippen LogP contribution in [0.25, 0.3) is 10.9 Å². The van der Waals surface area contributed by atoms with Crippen molar-refractivity contribution in [2.75, 3.05) is 6.54 Å². The van der Waals surface area contributed by atoms with Crippen LogP contribution in [0.1, 0.15) is 39.5 Å². The van der Waals surface area contributed by atoms with Crippen molar-refractivity contribution in [1.82, 2.24) is 20.3 Å². The first-order chi connectivity index (χ1) is 10.2. The molecule has 1 aromatic heterocycles. The van der Waals surface area contributed by atoms with Gasteiger partial charge in [-0.25, -0.2) is 4.68 Å². The molecule has 1 atom stereocenters. The number of unbranched alkanes of at least 4 members (excludes halogenated alkanes) is 2. The van der Waals surface area contributed by atoms with Gasteiger partial charge >= 0.3 is 0 Å². The van der Waals surface area contributed by atoms with E-state index < -0.39 is 0 Å². The molecule has 0 saturated carbocycles. The van der Waals surface area contributed by atoms with Gasteiger partial charge in [-0.2, -0.15) is 0 Å². The normalized spacial score (nSPS) is 12.7. The van der Waals surface area contributed by atoms with Gasteiger partial charge in [-0.1, -0.05) is 43.5 Å². The summed E-state index contributed by atoms with van der Waals surface area (Å²) in [5.41, 5.74) is 0.584. The van der Waals surface area contributed by atoms with E-state index in [9.17, 15) is 4.79 Å².